The first-order valence-electron chi connectivity index (χ1n) is 6.43. The zero-order valence-corrected chi connectivity index (χ0v) is 10.7. The maximum atomic E-state index is 13.7. The third kappa shape index (κ3) is 2.83. The molecule has 0 aliphatic heterocycles. The normalized spacial score (nSPS) is 22.5. The molecule has 4 nitrogen and oxygen atoms in total. The van der Waals surface area contributed by atoms with Crippen LogP contribution in [0.4, 0.5) is 20.2 Å². The zero-order chi connectivity index (χ0) is 14.0. The van der Waals surface area contributed by atoms with Gasteiger partial charge in [0.25, 0.3) is 0 Å². The van der Waals surface area contributed by atoms with Gasteiger partial charge in [-0.15, -0.1) is 0 Å². The van der Waals surface area contributed by atoms with Crippen molar-refractivity contribution < 1.29 is 13.7 Å². The largest absolute Gasteiger partial charge is 0.379 e. The van der Waals surface area contributed by atoms with Crippen LogP contribution in [0.5, 0.6) is 0 Å². The molecular weight excluding hydrogens is 254 g/mol. The van der Waals surface area contributed by atoms with Crippen molar-refractivity contribution in [2.45, 2.75) is 38.6 Å². The van der Waals surface area contributed by atoms with Gasteiger partial charge in [-0.3, -0.25) is 10.1 Å². The fourth-order valence-corrected chi connectivity index (χ4v) is 2.70. The average Bonchev–Trinajstić information content (AvgIpc) is 2.79. The molecule has 6 heteroatoms. The molecule has 0 amide bonds. The van der Waals surface area contributed by atoms with Gasteiger partial charge >= 0.3 is 5.69 Å². The molecule has 19 heavy (non-hydrogen) atoms. The molecule has 0 bridgehead atoms. The molecule has 104 valence electrons. The lowest BCUT2D eigenvalue weighted by Crippen LogP contribution is -2.24. The Balaban J connectivity index is 2.24. The van der Waals surface area contributed by atoms with Crippen LogP contribution in [-0.2, 0) is 0 Å². The first-order valence-corrected chi connectivity index (χ1v) is 6.43. The summed E-state index contributed by atoms with van der Waals surface area (Å²) in [5, 5.41) is 13.6. The predicted molar refractivity (Wildman–Crippen MR) is 68.1 cm³/mol. The maximum Gasteiger partial charge on any atom is 0.307 e. The molecule has 0 radical (unpaired) electrons. The van der Waals surface area contributed by atoms with Gasteiger partial charge in [-0.1, -0.05) is 19.8 Å². The first-order chi connectivity index (χ1) is 9.02. The number of nitro benzene ring substituents is 1. The highest BCUT2D eigenvalue weighted by Crippen LogP contribution is 2.33. The lowest BCUT2D eigenvalue weighted by atomic mass is 10.0. The highest BCUT2D eigenvalue weighted by molar-refractivity contribution is 5.53. The number of hydrogen-bond acceptors (Lipinski definition) is 3. The van der Waals surface area contributed by atoms with Gasteiger partial charge in [0, 0.05) is 18.2 Å². The summed E-state index contributed by atoms with van der Waals surface area (Å²) >= 11 is 0. The Hall–Kier alpha value is -1.72. The number of nitro groups is 1. The van der Waals surface area contributed by atoms with Crippen molar-refractivity contribution in [3.8, 4) is 0 Å². The number of nitrogens with one attached hydrogen (secondary N) is 1. The third-order valence-corrected chi connectivity index (χ3v) is 3.76. The number of rotatable bonds is 4. The monoisotopic (exact) mass is 270 g/mol. The first kappa shape index (κ1) is 13.7. The van der Waals surface area contributed by atoms with E-state index in [1.165, 1.54) is 0 Å². The summed E-state index contributed by atoms with van der Waals surface area (Å²) in [6.45, 7) is 2.06. The zero-order valence-electron chi connectivity index (χ0n) is 10.7. The van der Waals surface area contributed by atoms with Gasteiger partial charge in [0.05, 0.1) is 10.6 Å². The molecule has 2 unspecified atom stereocenters. The van der Waals surface area contributed by atoms with E-state index in [0.29, 0.717) is 12.0 Å². The van der Waals surface area contributed by atoms with Crippen molar-refractivity contribution in [3.05, 3.63) is 33.9 Å². The summed E-state index contributed by atoms with van der Waals surface area (Å²) < 4.78 is 26.9. The summed E-state index contributed by atoms with van der Waals surface area (Å²) in [6, 6.07) is 1.61. The summed E-state index contributed by atoms with van der Waals surface area (Å²) in [5.41, 5.74) is -0.687. The van der Waals surface area contributed by atoms with Crippen molar-refractivity contribution in [3.63, 3.8) is 0 Å². The highest BCUT2D eigenvalue weighted by Gasteiger charge is 2.27. The van der Waals surface area contributed by atoms with Crippen molar-refractivity contribution in [1.29, 1.82) is 0 Å². The number of halogens is 2. The van der Waals surface area contributed by atoms with Crippen LogP contribution in [0.2, 0.25) is 0 Å². The van der Waals surface area contributed by atoms with Gasteiger partial charge in [0.1, 0.15) is 5.82 Å². The van der Waals surface area contributed by atoms with E-state index in [2.05, 4.69) is 12.2 Å². The lowest BCUT2D eigenvalue weighted by molar-refractivity contribution is -0.387. The Kier molecular flexibility index (Phi) is 3.97. The second kappa shape index (κ2) is 5.50. The van der Waals surface area contributed by atoms with Crippen LogP contribution in [0, 0.1) is 27.7 Å². The molecule has 1 aromatic rings. The van der Waals surface area contributed by atoms with Gasteiger partial charge in [0.15, 0.2) is 0 Å². The molecule has 1 aromatic carbocycles. The third-order valence-electron chi connectivity index (χ3n) is 3.76. The van der Waals surface area contributed by atoms with E-state index < -0.39 is 22.2 Å². The molecule has 1 aliphatic carbocycles. The van der Waals surface area contributed by atoms with Crippen LogP contribution < -0.4 is 5.32 Å². The summed E-state index contributed by atoms with van der Waals surface area (Å²) in [6.07, 6.45) is 4.01. The molecule has 2 rings (SSSR count). The maximum absolute atomic E-state index is 13.7. The van der Waals surface area contributed by atoms with Crippen LogP contribution >= 0.6 is 0 Å². The minimum Gasteiger partial charge on any atom is -0.379 e. The standard InChI is InChI=1S/C13H16F2N2O2/c1-2-8-4-3-5-11(8)16-12-7-13(17(18)19)10(15)6-9(12)14/h6-8,11,16H,2-5H2,1H3. The van der Waals surface area contributed by atoms with Gasteiger partial charge < -0.3 is 5.32 Å². The molecule has 0 aromatic heterocycles. The molecule has 1 fully saturated rings. The van der Waals surface area contributed by atoms with Gasteiger partial charge in [-0.25, -0.2) is 4.39 Å². The van der Waals surface area contributed by atoms with Crippen molar-refractivity contribution in [2.24, 2.45) is 5.92 Å². The highest BCUT2D eigenvalue weighted by atomic mass is 19.1. The number of anilines is 1. The summed E-state index contributed by atoms with van der Waals surface area (Å²) in [4.78, 5) is 9.82. The minimum absolute atomic E-state index is 0.0125. The van der Waals surface area contributed by atoms with E-state index in [1.807, 2.05) is 0 Å². The number of nitrogens with zero attached hydrogens (tertiary/aromatic N) is 1. The Morgan fingerprint density at radius 3 is 2.74 bits per heavy atom. The van der Waals surface area contributed by atoms with Crippen molar-refractivity contribution in [2.75, 3.05) is 5.32 Å². The Morgan fingerprint density at radius 1 is 1.37 bits per heavy atom. The van der Waals surface area contributed by atoms with E-state index in [1.54, 1.807) is 0 Å². The predicted octanol–water partition coefficient (Wildman–Crippen LogP) is 3.86. The molecule has 1 N–H and O–H groups in total. The summed E-state index contributed by atoms with van der Waals surface area (Å²) in [7, 11) is 0. The van der Waals surface area contributed by atoms with E-state index in [9.17, 15) is 18.9 Å². The van der Waals surface area contributed by atoms with Crippen molar-refractivity contribution in [1.82, 2.24) is 0 Å². The molecule has 0 saturated heterocycles. The van der Waals surface area contributed by atoms with Gasteiger partial charge in [-0.2, -0.15) is 4.39 Å². The quantitative estimate of drug-likeness (QED) is 0.667. The van der Waals surface area contributed by atoms with E-state index in [-0.39, 0.29) is 11.7 Å². The van der Waals surface area contributed by atoms with E-state index >= 15 is 0 Å². The fourth-order valence-electron chi connectivity index (χ4n) is 2.70. The minimum atomic E-state index is -1.15. The Bertz CT molecular complexity index is 494. The van der Waals surface area contributed by atoms with E-state index in [4.69, 9.17) is 0 Å². The van der Waals surface area contributed by atoms with Crippen LogP contribution in [0.3, 0.4) is 0 Å². The summed E-state index contributed by atoms with van der Waals surface area (Å²) in [5.74, 6) is -1.50. The Labute approximate surface area is 110 Å². The average molecular weight is 270 g/mol. The van der Waals surface area contributed by atoms with Gasteiger partial charge in [0.2, 0.25) is 5.82 Å². The second-order valence-electron chi connectivity index (χ2n) is 4.89. The second-order valence-corrected chi connectivity index (χ2v) is 4.89. The molecule has 0 spiro atoms. The van der Waals surface area contributed by atoms with Crippen LogP contribution in [0.25, 0.3) is 0 Å². The van der Waals surface area contributed by atoms with Crippen LogP contribution in [0.1, 0.15) is 32.6 Å². The van der Waals surface area contributed by atoms with Crippen LogP contribution in [0.15, 0.2) is 12.1 Å². The molecule has 2 atom stereocenters. The molecule has 1 aliphatic rings. The number of benzene rings is 1. The number of hydrogen-bond donors (Lipinski definition) is 1. The van der Waals surface area contributed by atoms with Crippen LogP contribution in [-0.4, -0.2) is 11.0 Å². The lowest BCUT2D eigenvalue weighted by Gasteiger charge is -2.21. The molecular formula is C13H16F2N2O2. The smallest absolute Gasteiger partial charge is 0.307 e. The molecule has 1 saturated carbocycles. The Morgan fingerprint density at radius 2 is 2.11 bits per heavy atom. The van der Waals surface area contributed by atoms with Gasteiger partial charge in [-0.05, 0) is 18.8 Å². The fraction of sp³-hybridized carbons (Fsp3) is 0.538. The van der Waals surface area contributed by atoms with Crippen molar-refractivity contribution >= 4 is 11.4 Å². The topological polar surface area (TPSA) is 55.2 Å². The SMILES string of the molecule is CCC1CCCC1Nc1cc([N+](=O)[O-])c(F)cc1F. The van der Waals surface area contributed by atoms with E-state index in [0.717, 1.165) is 31.7 Å². The molecule has 0 heterocycles.